The molecule has 0 aliphatic carbocycles. The van der Waals surface area contributed by atoms with E-state index in [1.807, 2.05) is 73.9 Å². The molecule has 0 unspecified atom stereocenters. The van der Waals surface area contributed by atoms with Gasteiger partial charge in [0.2, 0.25) is 6.54 Å². The predicted octanol–water partition coefficient (Wildman–Crippen LogP) is 2.18. The van der Waals surface area contributed by atoms with Gasteiger partial charge in [-0.05, 0) is 18.1 Å². The van der Waals surface area contributed by atoms with Crippen LogP contribution in [0.2, 0.25) is 0 Å². The van der Waals surface area contributed by atoms with Crippen LogP contribution in [-0.4, -0.2) is 12.1 Å². The van der Waals surface area contributed by atoms with Crippen molar-refractivity contribution in [2.24, 2.45) is 5.10 Å². The van der Waals surface area contributed by atoms with Crippen molar-refractivity contribution in [3.8, 4) is 0 Å². The van der Waals surface area contributed by atoms with Gasteiger partial charge < -0.3 is 0 Å². The highest BCUT2D eigenvalue weighted by atomic mass is 16.2. The molecule has 1 aromatic heterocycles. The zero-order valence-corrected chi connectivity index (χ0v) is 11.9. The zero-order chi connectivity index (χ0) is 14.9. The van der Waals surface area contributed by atoms with Gasteiger partial charge in [-0.1, -0.05) is 42.5 Å². The summed E-state index contributed by atoms with van der Waals surface area (Å²) in [5.41, 5.74) is 4.59. The summed E-state index contributed by atoms with van der Waals surface area (Å²) in [4.78, 5) is 11.7. The van der Waals surface area contributed by atoms with Gasteiger partial charge in [0, 0.05) is 12.1 Å². The van der Waals surface area contributed by atoms with Crippen LogP contribution in [0.4, 0.5) is 0 Å². The second kappa shape index (κ2) is 7.75. The molecule has 106 valence electrons. The monoisotopic (exact) mass is 280 g/mol. The molecule has 4 nitrogen and oxygen atoms in total. The number of rotatable bonds is 5. The molecule has 0 atom stereocenters. The lowest BCUT2D eigenvalue weighted by Crippen LogP contribution is -2.40. The summed E-state index contributed by atoms with van der Waals surface area (Å²) in [6.07, 6.45) is 7.32. The predicted molar refractivity (Wildman–Crippen MR) is 83.4 cm³/mol. The Kier molecular flexibility index (Phi) is 5.41. The number of nitrogens with one attached hydrogen (secondary N) is 1. The largest absolute Gasteiger partial charge is 0.305 e. The van der Waals surface area contributed by atoms with E-state index in [1.165, 1.54) is 0 Å². The number of hydrazone groups is 1. The molecule has 1 N–H and O–H groups in total. The van der Waals surface area contributed by atoms with Crippen LogP contribution < -0.4 is 9.99 Å². The number of carbonyl (C=O) groups excluding carboxylic acids is 1. The van der Waals surface area contributed by atoms with Crippen molar-refractivity contribution in [1.82, 2.24) is 5.43 Å². The smallest absolute Gasteiger partial charge is 0.266 e. The van der Waals surface area contributed by atoms with Gasteiger partial charge in [-0.2, -0.15) is 9.67 Å². The number of pyridine rings is 1. The Labute approximate surface area is 124 Å². The Morgan fingerprint density at radius 2 is 1.81 bits per heavy atom. The molecule has 1 heterocycles. The maximum atomic E-state index is 11.7. The summed E-state index contributed by atoms with van der Waals surface area (Å²) in [5, 5.41) is 3.96. The van der Waals surface area contributed by atoms with Crippen LogP contribution in [0.15, 0.2) is 71.6 Å². The maximum absolute atomic E-state index is 11.7. The van der Waals surface area contributed by atoms with Crippen LogP contribution in [0.5, 0.6) is 0 Å². The molecule has 2 aromatic rings. The van der Waals surface area contributed by atoms with Crippen LogP contribution >= 0.6 is 0 Å². The van der Waals surface area contributed by atoms with Crippen LogP contribution in [-0.2, 0) is 11.3 Å². The van der Waals surface area contributed by atoms with Gasteiger partial charge in [-0.15, -0.1) is 0 Å². The number of allylic oxidation sites excluding steroid dienone is 1. The first-order chi connectivity index (χ1) is 10.2. The average molecular weight is 280 g/mol. The highest BCUT2D eigenvalue weighted by Gasteiger charge is 2.06. The number of carbonyl (C=O) groups is 1. The topological polar surface area (TPSA) is 45.3 Å². The highest BCUT2D eigenvalue weighted by Crippen LogP contribution is 2.04. The normalized spacial score (nSPS) is 11.6. The molecule has 2 rings (SSSR count). The number of hydrogen-bond acceptors (Lipinski definition) is 2. The molecule has 0 saturated heterocycles. The summed E-state index contributed by atoms with van der Waals surface area (Å²) in [5.74, 6) is -0.157. The molecule has 0 fully saturated rings. The minimum Gasteiger partial charge on any atom is -0.266 e. The lowest BCUT2D eigenvalue weighted by molar-refractivity contribution is -0.684. The van der Waals surface area contributed by atoms with Crippen molar-refractivity contribution >= 4 is 18.2 Å². The van der Waals surface area contributed by atoms with Crippen molar-refractivity contribution in [3.63, 3.8) is 0 Å². The van der Waals surface area contributed by atoms with Gasteiger partial charge in [0.15, 0.2) is 12.4 Å². The number of hydrogen-bond donors (Lipinski definition) is 1. The molecule has 0 aliphatic heterocycles. The fraction of sp³-hybridized carbons (Fsp3) is 0.118. The molecule has 0 saturated carbocycles. The van der Waals surface area contributed by atoms with Gasteiger partial charge in [-0.25, -0.2) is 5.43 Å². The quantitative estimate of drug-likeness (QED) is 0.509. The minimum absolute atomic E-state index is 0.157. The van der Waals surface area contributed by atoms with Gasteiger partial charge in [-0.3, -0.25) is 4.79 Å². The molecular weight excluding hydrogens is 262 g/mol. The number of aromatic nitrogens is 1. The average Bonchev–Trinajstić information content (AvgIpc) is 2.49. The van der Waals surface area contributed by atoms with E-state index in [-0.39, 0.29) is 12.5 Å². The Bertz CT molecular complexity index is 634. The van der Waals surface area contributed by atoms with E-state index in [1.54, 1.807) is 10.8 Å². The summed E-state index contributed by atoms with van der Waals surface area (Å²) in [7, 11) is 0. The number of amides is 1. The minimum atomic E-state index is -0.157. The highest BCUT2D eigenvalue weighted by molar-refractivity contribution is 5.85. The Hall–Kier alpha value is -2.75. The molecule has 21 heavy (non-hydrogen) atoms. The fourth-order valence-corrected chi connectivity index (χ4v) is 1.80. The summed E-state index contributed by atoms with van der Waals surface area (Å²) in [6, 6.07) is 15.6. The summed E-state index contributed by atoms with van der Waals surface area (Å²) in [6.45, 7) is 2.19. The summed E-state index contributed by atoms with van der Waals surface area (Å²) < 4.78 is 1.79. The van der Waals surface area contributed by atoms with Crippen LogP contribution in [0.25, 0.3) is 6.08 Å². The van der Waals surface area contributed by atoms with E-state index in [0.717, 1.165) is 11.1 Å². The van der Waals surface area contributed by atoms with E-state index in [4.69, 9.17) is 0 Å². The van der Waals surface area contributed by atoms with E-state index < -0.39 is 0 Å². The van der Waals surface area contributed by atoms with Gasteiger partial charge in [0.05, 0.1) is 6.21 Å². The SMILES string of the molecule is CC(/C=N/NC(=O)C[n+]1ccccc1)=C\c1ccccc1. The van der Waals surface area contributed by atoms with Crippen LogP contribution in [0.3, 0.4) is 0 Å². The molecule has 4 heteroatoms. The first-order valence-corrected chi connectivity index (χ1v) is 6.73. The summed E-state index contributed by atoms with van der Waals surface area (Å²) >= 11 is 0. The van der Waals surface area contributed by atoms with Gasteiger partial charge in [0.1, 0.15) is 0 Å². The van der Waals surface area contributed by atoms with Crippen LogP contribution in [0.1, 0.15) is 12.5 Å². The van der Waals surface area contributed by atoms with Crippen molar-refractivity contribution < 1.29 is 9.36 Å². The third-order valence-corrected chi connectivity index (χ3v) is 2.75. The Morgan fingerprint density at radius 3 is 2.52 bits per heavy atom. The van der Waals surface area contributed by atoms with Gasteiger partial charge in [0.25, 0.3) is 0 Å². The van der Waals surface area contributed by atoms with E-state index in [9.17, 15) is 4.79 Å². The molecule has 1 aromatic carbocycles. The van der Waals surface area contributed by atoms with Crippen molar-refractivity contribution in [2.45, 2.75) is 13.5 Å². The molecule has 1 amide bonds. The Morgan fingerprint density at radius 1 is 1.14 bits per heavy atom. The molecule has 0 aliphatic rings. The van der Waals surface area contributed by atoms with Crippen molar-refractivity contribution in [1.29, 1.82) is 0 Å². The van der Waals surface area contributed by atoms with E-state index >= 15 is 0 Å². The first-order valence-electron chi connectivity index (χ1n) is 6.73. The first kappa shape index (κ1) is 14.7. The number of nitrogens with zero attached hydrogens (tertiary/aromatic N) is 2. The Balaban J connectivity index is 1.84. The second-order valence-electron chi connectivity index (χ2n) is 4.64. The third kappa shape index (κ3) is 5.40. The maximum Gasteiger partial charge on any atom is 0.305 e. The van der Waals surface area contributed by atoms with E-state index in [2.05, 4.69) is 10.5 Å². The molecule has 0 spiro atoms. The van der Waals surface area contributed by atoms with Crippen molar-refractivity contribution in [2.75, 3.05) is 0 Å². The molecule has 0 radical (unpaired) electrons. The van der Waals surface area contributed by atoms with Crippen molar-refractivity contribution in [3.05, 3.63) is 72.1 Å². The van der Waals surface area contributed by atoms with Crippen LogP contribution in [0, 0.1) is 0 Å². The van der Waals surface area contributed by atoms with Gasteiger partial charge >= 0.3 is 5.91 Å². The standard InChI is InChI=1S/C17H17N3O/c1-15(12-16-8-4-2-5-9-16)13-18-19-17(21)14-20-10-6-3-7-11-20/h2-13H,14H2,1H3/p+1/b15-12+,18-13+. The zero-order valence-electron chi connectivity index (χ0n) is 11.9. The lowest BCUT2D eigenvalue weighted by atomic mass is 10.1. The lowest BCUT2D eigenvalue weighted by Gasteiger charge is -1.97. The second-order valence-corrected chi connectivity index (χ2v) is 4.64. The molecular formula is C17H18N3O+. The fourth-order valence-electron chi connectivity index (χ4n) is 1.80. The number of benzene rings is 1. The third-order valence-electron chi connectivity index (χ3n) is 2.75. The molecule has 0 bridgehead atoms. The van der Waals surface area contributed by atoms with E-state index in [0.29, 0.717) is 0 Å².